The summed E-state index contributed by atoms with van der Waals surface area (Å²) in [5, 5.41) is 12.8. The maximum Gasteiger partial charge on any atom is 0.323 e. The molecule has 0 unspecified atom stereocenters. The lowest BCUT2D eigenvalue weighted by atomic mass is 10.2. The van der Waals surface area contributed by atoms with Gasteiger partial charge in [0.1, 0.15) is 12.4 Å². The molecule has 0 atom stereocenters. The molecule has 0 aliphatic rings. The van der Waals surface area contributed by atoms with E-state index in [4.69, 9.17) is 9.63 Å². The molecule has 0 saturated heterocycles. The molecule has 7 nitrogen and oxygen atoms in total. The quantitative estimate of drug-likeness (QED) is 0.858. The zero-order chi connectivity index (χ0) is 14.5. The second-order valence-electron chi connectivity index (χ2n) is 4.34. The van der Waals surface area contributed by atoms with Gasteiger partial charge in [0.15, 0.2) is 5.82 Å². The van der Waals surface area contributed by atoms with Gasteiger partial charge < -0.3 is 14.5 Å². The molecule has 0 saturated carbocycles. The van der Waals surface area contributed by atoms with Gasteiger partial charge in [0.2, 0.25) is 0 Å². The first-order chi connectivity index (χ1) is 9.61. The van der Waals surface area contributed by atoms with Gasteiger partial charge in [0, 0.05) is 12.7 Å². The third kappa shape index (κ3) is 3.11. The molecular formula is C13H16N4O3. The van der Waals surface area contributed by atoms with Gasteiger partial charge in [-0.1, -0.05) is 12.1 Å². The number of anilines is 1. The highest BCUT2D eigenvalue weighted by Crippen LogP contribution is 2.27. The van der Waals surface area contributed by atoms with Crippen LogP contribution < -0.4 is 4.90 Å². The first-order valence-corrected chi connectivity index (χ1v) is 6.34. The summed E-state index contributed by atoms with van der Waals surface area (Å²) in [6, 6.07) is 3.54. The first-order valence-electron chi connectivity index (χ1n) is 6.34. The average Bonchev–Trinajstić information content (AvgIpc) is 2.84. The van der Waals surface area contributed by atoms with E-state index in [2.05, 4.69) is 15.1 Å². The number of aliphatic carboxylic acids is 1. The van der Waals surface area contributed by atoms with Crippen molar-refractivity contribution in [3.8, 4) is 11.5 Å². The van der Waals surface area contributed by atoms with Gasteiger partial charge in [-0.2, -0.15) is 4.98 Å². The van der Waals surface area contributed by atoms with E-state index >= 15 is 0 Å². The Hall–Kier alpha value is -2.44. The normalized spacial score (nSPS) is 10.5. The monoisotopic (exact) mass is 276 g/mol. The van der Waals surface area contributed by atoms with Crippen LogP contribution in [0.3, 0.4) is 0 Å². The first kappa shape index (κ1) is 14.0. The highest BCUT2D eigenvalue weighted by Gasteiger charge is 2.19. The lowest BCUT2D eigenvalue weighted by Crippen LogP contribution is -2.31. The molecule has 0 aromatic carbocycles. The van der Waals surface area contributed by atoms with E-state index in [-0.39, 0.29) is 6.54 Å². The van der Waals surface area contributed by atoms with Crippen molar-refractivity contribution in [2.45, 2.75) is 20.3 Å². The lowest BCUT2D eigenvalue weighted by Gasteiger charge is -2.22. The molecule has 2 heterocycles. The molecule has 0 bridgehead atoms. The van der Waals surface area contributed by atoms with Crippen LogP contribution in [-0.2, 0) is 4.79 Å². The van der Waals surface area contributed by atoms with Gasteiger partial charge in [0.25, 0.3) is 5.89 Å². The molecule has 0 fully saturated rings. The summed E-state index contributed by atoms with van der Waals surface area (Å²) < 4.78 is 5.15. The van der Waals surface area contributed by atoms with Crippen LogP contribution in [0, 0.1) is 6.92 Å². The zero-order valence-corrected chi connectivity index (χ0v) is 11.4. The van der Waals surface area contributed by atoms with Crippen molar-refractivity contribution >= 4 is 11.8 Å². The highest BCUT2D eigenvalue weighted by atomic mass is 16.5. The molecule has 0 spiro atoms. The molecule has 0 amide bonds. The molecule has 20 heavy (non-hydrogen) atoms. The van der Waals surface area contributed by atoms with Gasteiger partial charge in [0.05, 0.1) is 5.56 Å². The molecule has 1 N–H and O–H groups in total. The van der Waals surface area contributed by atoms with Gasteiger partial charge in [-0.05, 0) is 25.5 Å². The maximum atomic E-state index is 11.0. The van der Waals surface area contributed by atoms with Crippen LogP contribution in [0.15, 0.2) is 22.9 Å². The van der Waals surface area contributed by atoms with Crippen molar-refractivity contribution in [1.29, 1.82) is 0 Å². The number of hydrogen-bond donors (Lipinski definition) is 1. The van der Waals surface area contributed by atoms with E-state index in [1.807, 2.05) is 6.92 Å². The standard InChI is InChI=1S/C13H16N4O3/c1-3-7-17(8-11(18)19)12-10(5-4-6-14-12)13-15-9(2)16-20-13/h4-6H,3,7-8H2,1-2H3,(H,18,19). The van der Waals surface area contributed by atoms with E-state index in [0.29, 0.717) is 29.6 Å². The lowest BCUT2D eigenvalue weighted by molar-refractivity contribution is -0.135. The van der Waals surface area contributed by atoms with Crippen molar-refractivity contribution in [2.24, 2.45) is 0 Å². The van der Waals surface area contributed by atoms with Crippen LogP contribution >= 0.6 is 0 Å². The summed E-state index contributed by atoms with van der Waals surface area (Å²) in [5.41, 5.74) is 0.641. The van der Waals surface area contributed by atoms with Crippen molar-refractivity contribution in [2.75, 3.05) is 18.0 Å². The predicted octanol–water partition coefficient (Wildman–Crippen LogP) is 1.74. The van der Waals surface area contributed by atoms with Gasteiger partial charge >= 0.3 is 5.97 Å². The molecule has 2 aromatic rings. The summed E-state index contributed by atoms with van der Waals surface area (Å²) in [5.74, 6) is 0.504. The predicted molar refractivity (Wildman–Crippen MR) is 72.4 cm³/mol. The molecule has 0 aliphatic heterocycles. The Morgan fingerprint density at radius 2 is 2.30 bits per heavy atom. The topological polar surface area (TPSA) is 92.4 Å². The van der Waals surface area contributed by atoms with Crippen molar-refractivity contribution in [3.63, 3.8) is 0 Å². The smallest absolute Gasteiger partial charge is 0.323 e. The Morgan fingerprint density at radius 1 is 1.50 bits per heavy atom. The summed E-state index contributed by atoms with van der Waals surface area (Å²) in [7, 11) is 0. The SMILES string of the molecule is CCCN(CC(=O)O)c1ncccc1-c1nc(C)no1. The fourth-order valence-electron chi connectivity index (χ4n) is 1.92. The van der Waals surface area contributed by atoms with Crippen molar-refractivity contribution in [1.82, 2.24) is 15.1 Å². The Morgan fingerprint density at radius 3 is 2.90 bits per heavy atom. The molecule has 2 rings (SSSR count). The maximum absolute atomic E-state index is 11.0. The Kier molecular flexibility index (Phi) is 4.29. The third-order valence-corrected chi connectivity index (χ3v) is 2.66. The number of carboxylic acids is 1. The number of aromatic nitrogens is 3. The zero-order valence-electron chi connectivity index (χ0n) is 11.4. The van der Waals surface area contributed by atoms with Crippen LogP contribution in [0.4, 0.5) is 5.82 Å². The number of pyridine rings is 1. The molecule has 0 radical (unpaired) electrons. The second-order valence-corrected chi connectivity index (χ2v) is 4.34. The summed E-state index contributed by atoms with van der Waals surface area (Å²) in [4.78, 5) is 21.1. The number of aryl methyl sites for hydroxylation is 1. The van der Waals surface area contributed by atoms with Gasteiger partial charge in [-0.3, -0.25) is 4.79 Å². The Balaban J connectivity index is 2.41. The van der Waals surface area contributed by atoms with Crippen LogP contribution in [0.2, 0.25) is 0 Å². The highest BCUT2D eigenvalue weighted by molar-refractivity contribution is 5.77. The molecule has 7 heteroatoms. The minimum absolute atomic E-state index is 0.120. The Labute approximate surface area is 116 Å². The number of hydrogen-bond acceptors (Lipinski definition) is 6. The van der Waals surface area contributed by atoms with Crippen LogP contribution in [-0.4, -0.2) is 39.3 Å². The van der Waals surface area contributed by atoms with Crippen LogP contribution in [0.5, 0.6) is 0 Å². The number of carboxylic acid groups (broad SMARTS) is 1. The number of carbonyl (C=O) groups is 1. The number of nitrogens with zero attached hydrogens (tertiary/aromatic N) is 4. The molecule has 106 valence electrons. The minimum atomic E-state index is -0.906. The largest absolute Gasteiger partial charge is 0.480 e. The van der Waals surface area contributed by atoms with E-state index in [1.54, 1.807) is 30.2 Å². The fourth-order valence-corrected chi connectivity index (χ4v) is 1.92. The molecule has 0 aliphatic carbocycles. The number of rotatable bonds is 6. The summed E-state index contributed by atoms with van der Waals surface area (Å²) >= 11 is 0. The molecular weight excluding hydrogens is 260 g/mol. The minimum Gasteiger partial charge on any atom is -0.480 e. The molecule has 2 aromatic heterocycles. The van der Waals surface area contributed by atoms with E-state index < -0.39 is 5.97 Å². The fraction of sp³-hybridized carbons (Fsp3) is 0.385. The summed E-state index contributed by atoms with van der Waals surface area (Å²) in [6.07, 6.45) is 2.43. The van der Waals surface area contributed by atoms with E-state index in [9.17, 15) is 4.79 Å². The van der Waals surface area contributed by atoms with Crippen LogP contribution in [0.25, 0.3) is 11.5 Å². The van der Waals surface area contributed by atoms with Crippen LogP contribution in [0.1, 0.15) is 19.2 Å². The second kappa shape index (κ2) is 6.14. The van der Waals surface area contributed by atoms with Gasteiger partial charge in [-0.25, -0.2) is 4.98 Å². The average molecular weight is 276 g/mol. The van der Waals surface area contributed by atoms with Crippen molar-refractivity contribution < 1.29 is 14.4 Å². The van der Waals surface area contributed by atoms with E-state index in [0.717, 1.165) is 6.42 Å². The Bertz CT molecular complexity index is 597. The summed E-state index contributed by atoms with van der Waals surface area (Å²) in [6.45, 7) is 4.17. The van der Waals surface area contributed by atoms with E-state index in [1.165, 1.54) is 0 Å². The van der Waals surface area contributed by atoms with Gasteiger partial charge in [-0.15, -0.1) is 0 Å². The third-order valence-electron chi connectivity index (χ3n) is 2.66. The van der Waals surface area contributed by atoms with Crippen molar-refractivity contribution in [3.05, 3.63) is 24.2 Å².